The number of benzene rings is 8. The molecule has 0 saturated carbocycles. The molecular weight excluding hydrogens is 761 g/mol. The van der Waals surface area contributed by atoms with Gasteiger partial charge in [0.15, 0.2) is 17.5 Å². The summed E-state index contributed by atoms with van der Waals surface area (Å²) in [6.07, 6.45) is 0. The Morgan fingerprint density at radius 2 is 1.02 bits per heavy atom. The molecule has 4 aliphatic rings. The standard InChI is InChI=1S/C49H30N8O2Si/c1-50-46-39-22-31-14-6-7-15-32(31)23-40(39)48-54-44-37-20-29-12-4-5-13-30(29)21-38(37)45(52-44)55-49-42-25-34-17-9-8-16-33(34)24-41(42)47(57(49)60(58,59)56(46)48)53-43-36-19-28-11-3-2-10-27(28)18-35(36)26-51-43/h2-25,58-59H,1,26H2/b53-47-,54-44-,55-49-. The van der Waals surface area contributed by atoms with E-state index in [0.29, 0.717) is 63.4 Å². The molecule has 60 heavy (non-hydrogen) atoms. The minimum absolute atomic E-state index is 0.267. The SMILES string of the molecule is C=Nc1c2cc3ccccc3cc2c2n1[Si](O)(O)N1/C(=N\C3=NCc4cc5ccccc5cc43)c3cc4ccccc4cc3/C1=N/C1=NC(=N\2)/c2cc3ccccc3cc21. The molecule has 11 heteroatoms. The summed E-state index contributed by atoms with van der Waals surface area (Å²) in [6.45, 7) is 4.44. The van der Waals surface area contributed by atoms with E-state index in [1.54, 1.807) is 0 Å². The van der Waals surface area contributed by atoms with Gasteiger partial charge in [-0.1, -0.05) is 97.1 Å². The minimum atomic E-state index is -5.09. The summed E-state index contributed by atoms with van der Waals surface area (Å²) < 4.78 is 2.97. The molecule has 282 valence electrons. The lowest BCUT2D eigenvalue weighted by Gasteiger charge is -2.32. The van der Waals surface area contributed by atoms with E-state index in [0.717, 1.165) is 65.3 Å². The third kappa shape index (κ3) is 4.58. The van der Waals surface area contributed by atoms with Crippen molar-refractivity contribution in [1.29, 1.82) is 0 Å². The number of rotatable bonds is 1. The van der Waals surface area contributed by atoms with Crippen LogP contribution in [0.4, 0.5) is 11.6 Å². The Labute approximate surface area is 342 Å². The minimum Gasteiger partial charge on any atom is -0.377 e. The summed E-state index contributed by atoms with van der Waals surface area (Å²) in [4.78, 5) is 57.4. The summed E-state index contributed by atoms with van der Waals surface area (Å²) in [5, 5.41) is 9.43. The molecule has 2 bridgehead atoms. The second-order valence-corrected chi connectivity index (χ2v) is 17.6. The Morgan fingerprint density at radius 3 is 1.60 bits per heavy atom. The average Bonchev–Trinajstić information content (AvgIpc) is 4.00. The van der Waals surface area contributed by atoms with Gasteiger partial charge in [-0.2, -0.15) is 0 Å². The highest BCUT2D eigenvalue weighted by molar-refractivity contribution is 6.70. The lowest BCUT2D eigenvalue weighted by molar-refractivity contribution is 0.303. The Balaban J connectivity index is 1.16. The van der Waals surface area contributed by atoms with Crippen LogP contribution in [0.3, 0.4) is 0 Å². The van der Waals surface area contributed by atoms with Crippen LogP contribution in [0.1, 0.15) is 33.4 Å². The molecule has 10 nitrogen and oxygen atoms in total. The Morgan fingerprint density at radius 1 is 0.533 bits per heavy atom. The Hall–Kier alpha value is -7.70. The second kappa shape index (κ2) is 11.9. The van der Waals surface area contributed by atoms with Crippen LogP contribution in [-0.4, -0.2) is 63.2 Å². The molecule has 0 amide bonds. The van der Waals surface area contributed by atoms with Gasteiger partial charge in [0.05, 0.1) is 6.54 Å². The van der Waals surface area contributed by atoms with Crippen LogP contribution in [0.2, 0.25) is 0 Å². The number of nitrogens with zero attached hydrogens (tertiary/aromatic N) is 8. The highest BCUT2D eigenvalue weighted by atomic mass is 28.4. The molecule has 1 aromatic heterocycles. The van der Waals surface area contributed by atoms with Crippen molar-refractivity contribution < 1.29 is 9.59 Å². The molecule has 4 aliphatic heterocycles. The molecule has 9 aromatic rings. The smallest absolute Gasteiger partial charge is 0.377 e. The molecule has 8 aromatic carbocycles. The predicted molar refractivity (Wildman–Crippen MR) is 244 cm³/mol. The maximum Gasteiger partial charge on any atom is 0.597 e. The average molecular weight is 791 g/mol. The topological polar surface area (TPSA) is 123 Å². The van der Waals surface area contributed by atoms with Crippen molar-refractivity contribution in [2.24, 2.45) is 30.0 Å². The Kier molecular flexibility index (Phi) is 6.62. The van der Waals surface area contributed by atoms with Gasteiger partial charge in [-0.25, -0.2) is 25.0 Å². The number of hydrogen-bond donors (Lipinski definition) is 2. The summed E-state index contributed by atoms with van der Waals surface area (Å²) in [7, 11) is -5.09. The molecule has 0 radical (unpaired) electrons. The molecule has 0 unspecified atom stereocenters. The van der Waals surface area contributed by atoms with Crippen LogP contribution in [0.25, 0.3) is 53.9 Å². The highest BCUT2D eigenvalue weighted by Crippen LogP contribution is 2.45. The first-order valence-electron chi connectivity index (χ1n) is 19.7. The van der Waals surface area contributed by atoms with Gasteiger partial charge >= 0.3 is 8.88 Å². The van der Waals surface area contributed by atoms with E-state index in [1.807, 2.05) is 97.1 Å². The Bertz CT molecular complexity index is 3650. The van der Waals surface area contributed by atoms with Crippen molar-refractivity contribution >= 4 is 110 Å². The van der Waals surface area contributed by atoms with Crippen LogP contribution in [0.5, 0.6) is 0 Å². The van der Waals surface area contributed by atoms with Gasteiger partial charge in [0, 0.05) is 38.6 Å². The van der Waals surface area contributed by atoms with Crippen molar-refractivity contribution in [2.75, 3.05) is 0 Å². The van der Waals surface area contributed by atoms with Crippen LogP contribution >= 0.6 is 0 Å². The summed E-state index contributed by atoms with van der Waals surface area (Å²) in [5.74, 6) is 2.48. The van der Waals surface area contributed by atoms with Crippen molar-refractivity contribution in [3.63, 3.8) is 0 Å². The maximum absolute atomic E-state index is 13.4. The molecular formula is C49H30N8O2Si. The molecule has 13 rings (SSSR count). The number of aromatic nitrogens is 1. The van der Waals surface area contributed by atoms with Crippen molar-refractivity contribution in [2.45, 2.75) is 6.54 Å². The van der Waals surface area contributed by atoms with E-state index >= 15 is 0 Å². The van der Waals surface area contributed by atoms with Crippen LogP contribution < -0.4 is 0 Å². The van der Waals surface area contributed by atoms with Gasteiger partial charge in [-0.3, -0.25) is 13.8 Å². The molecule has 0 spiro atoms. The number of hydrogen-bond acceptors (Lipinski definition) is 8. The first-order valence-corrected chi connectivity index (χ1v) is 21.5. The zero-order valence-electron chi connectivity index (χ0n) is 31.7. The van der Waals surface area contributed by atoms with Gasteiger partial charge in [0.25, 0.3) is 0 Å². The molecule has 0 fully saturated rings. The normalized spacial score (nSPS) is 18.4. The van der Waals surface area contributed by atoms with E-state index < -0.39 is 8.88 Å². The lowest BCUT2D eigenvalue weighted by atomic mass is 10.0. The zero-order chi connectivity index (χ0) is 39.9. The fourth-order valence-corrected chi connectivity index (χ4v) is 11.4. The van der Waals surface area contributed by atoms with Gasteiger partial charge < -0.3 is 9.59 Å². The number of aliphatic imine (C=N–C) groups is 6. The summed E-state index contributed by atoms with van der Waals surface area (Å²) >= 11 is 0. The highest BCUT2D eigenvalue weighted by Gasteiger charge is 2.55. The van der Waals surface area contributed by atoms with Crippen LogP contribution in [0.15, 0.2) is 176 Å². The monoisotopic (exact) mass is 790 g/mol. The maximum atomic E-state index is 13.4. The van der Waals surface area contributed by atoms with E-state index in [9.17, 15) is 9.59 Å². The van der Waals surface area contributed by atoms with E-state index in [2.05, 4.69) is 60.2 Å². The molecule has 0 atom stereocenters. The largest absolute Gasteiger partial charge is 0.597 e. The lowest BCUT2D eigenvalue weighted by Crippen LogP contribution is -2.63. The van der Waals surface area contributed by atoms with Crippen molar-refractivity contribution in [3.05, 3.63) is 179 Å². The van der Waals surface area contributed by atoms with Crippen molar-refractivity contribution in [1.82, 2.24) is 8.80 Å². The van der Waals surface area contributed by atoms with Crippen LogP contribution in [0, 0.1) is 0 Å². The van der Waals surface area contributed by atoms with Gasteiger partial charge in [0.2, 0.25) is 0 Å². The number of amidine groups is 5. The molecule has 0 aliphatic carbocycles. The quantitative estimate of drug-likeness (QED) is 0.127. The third-order valence-corrected chi connectivity index (χ3v) is 14.2. The van der Waals surface area contributed by atoms with E-state index in [4.69, 9.17) is 25.0 Å². The molecule has 5 heterocycles. The molecule has 2 N–H and O–H groups in total. The first kappa shape index (κ1) is 33.3. The second-order valence-electron chi connectivity index (χ2n) is 15.5. The zero-order valence-corrected chi connectivity index (χ0v) is 32.7. The predicted octanol–water partition coefficient (Wildman–Crippen LogP) is 9.18. The van der Waals surface area contributed by atoms with Gasteiger partial charge in [-0.05, 0) is 104 Å². The molecule has 0 saturated heterocycles. The summed E-state index contributed by atoms with van der Waals surface area (Å²) in [5.41, 5.74) is 4.87. The first-order chi connectivity index (χ1) is 29.4. The number of fused-ring (bicyclic) bond motifs is 15. The van der Waals surface area contributed by atoms with Crippen LogP contribution in [-0.2, 0) is 6.54 Å². The van der Waals surface area contributed by atoms with Crippen molar-refractivity contribution in [3.8, 4) is 0 Å². The summed E-state index contributed by atoms with van der Waals surface area (Å²) in [6, 6.07) is 49.0. The van der Waals surface area contributed by atoms with E-state index in [-0.39, 0.29) is 5.82 Å². The van der Waals surface area contributed by atoms with E-state index in [1.165, 1.54) is 8.80 Å². The third-order valence-electron chi connectivity index (χ3n) is 12.2. The van der Waals surface area contributed by atoms with Gasteiger partial charge in [-0.15, -0.1) is 0 Å². The van der Waals surface area contributed by atoms with Gasteiger partial charge in [0.1, 0.15) is 23.3 Å². The fraction of sp³-hybridized carbons (Fsp3) is 0.0204. The fourth-order valence-electron chi connectivity index (χ4n) is 9.33.